The van der Waals surface area contributed by atoms with E-state index in [1.807, 2.05) is 23.9 Å². The van der Waals surface area contributed by atoms with Crippen molar-refractivity contribution in [1.29, 1.82) is 5.26 Å². The van der Waals surface area contributed by atoms with Crippen molar-refractivity contribution >= 4 is 21.6 Å². The summed E-state index contributed by atoms with van der Waals surface area (Å²) in [5.74, 6) is 0.476. The van der Waals surface area contributed by atoms with Crippen LogP contribution in [0.4, 0.5) is 0 Å². The lowest BCUT2D eigenvalue weighted by Crippen LogP contribution is -2.09. The summed E-state index contributed by atoms with van der Waals surface area (Å²) in [7, 11) is -1.45. The number of thioether (sulfide) groups is 1. The van der Waals surface area contributed by atoms with Crippen LogP contribution in [0.25, 0.3) is 0 Å². The highest BCUT2D eigenvalue weighted by Gasteiger charge is 2.14. The fourth-order valence-electron chi connectivity index (χ4n) is 1.59. The number of benzene rings is 1. The maximum absolute atomic E-state index is 12.1. The number of nitrogens with zero attached hydrogens (tertiary/aromatic N) is 3. The van der Waals surface area contributed by atoms with Crippen molar-refractivity contribution in [1.82, 2.24) is 9.55 Å². The van der Waals surface area contributed by atoms with Gasteiger partial charge in [-0.1, -0.05) is 11.8 Å². The number of aromatic nitrogens is 2. The predicted molar refractivity (Wildman–Crippen MR) is 77.1 cm³/mol. The second kappa shape index (κ2) is 6.11. The molecule has 2 rings (SSSR count). The Morgan fingerprint density at radius 2 is 2.05 bits per heavy atom. The van der Waals surface area contributed by atoms with Crippen LogP contribution in [0.15, 0.2) is 46.7 Å². The fraction of sp³-hybridized carbons (Fsp3) is 0.231. The van der Waals surface area contributed by atoms with Crippen molar-refractivity contribution < 1.29 is 8.42 Å². The standard InChI is InChI=1S/C13H13N3O2S2/c1-16-7-6-15-13(16)19-8-9-20(17,18)12-4-2-11(10-14)3-5-12/h2-7H,8-9H2,1H3. The molecule has 0 unspecified atom stereocenters. The number of nitriles is 1. The van der Waals surface area contributed by atoms with Gasteiger partial charge in [0, 0.05) is 25.2 Å². The van der Waals surface area contributed by atoms with Crippen molar-refractivity contribution in [3.63, 3.8) is 0 Å². The molecule has 0 aliphatic rings. The first kappa shape index (κ1) is 14.6. The van der Waals surface area contributed by atoms with Gasteiger partial charge >= 0.3 is 0 Å². The van der Waals surface area contributed by atoms with Crippen molar-refractivity contribution in [3.05, 3.63) is 42.2 Å². The Labute approximate surface area is 122 Å². The molecule has 0 atom stereocenters. The molecule has 1 aromatic heterocycles. The van der Waals surface area contributed by atoms with Gasteiger partial charge in [0.1, 0.15) is 0 Å². The molecule has 2 aromatic rings. The molecule has 0 aliphatic heterocycles. The Morgan fingerprint density at radius 1 is 1.35 bits per heavy atom. The summed E-state index contributed by atoms with van der Waals surface area (Å²) in [4.78, 5) is 4.37. The zero-order valence-corrected chi connectivity index (χ0v) is 12.5. The summed E-state index contributed by atoms with van der Waals surface area (Å²) < 4.78 is 26.1. The molecule has 0 radical (unpaired) electrons. The molecule has 0 amide bonds. The molecular formula is C13H13N3O2S2. The van der Waals surface area contributed by atoms with E-state index in [1.54, 1.807) is 6.20 Å². The first-order chi connectivity index (χ1) is 9.53. The minimum absolute atomic E-state index is 0.0381. The van der Waals surface area contributed by atoms with Gasteiger partial charge in [0.2, 0.25) is 0 Å². The summed E-state index contributed by atoms with van der Waals surface area (Å²) in [6.45, 7) is 0. The summed E-state index contributed by atoms with van der Waals surface area (Å²) >= 11 is 1.40. The minimum Gasteiger partial charge on any atom is -0.329 e. The third kappa shape index (κ3) is 3.40. The van der Waals surface area contributed by atoms with Gasteiger partial charge in [0.05, 0.1) is 22.3 Å². The first-order valence-corrected chi connectivity index (χ1v) is 8.50. The van der Waals surface area contributed by atoms with Crippen LogP contribution in [-0.2, 0) is 16.9 Å². The summed E-state index contributed by atoms with van der Waals surface area (Å²) in [5.41, 5.74) is 0.450. The third-order valence-corrected chi connectivity index (χ3v) is 5.75. The average molecular weight is 307 g/mol. The molecule has 5 nitrogen and oxygen atoms in total. The quantitative estimate of drug-likeness (QED) is 0.788. The molecule has 0 fully saturated rings. The molecule has 7 heteroatoms. The Morgan fingerprint density at radius 3 is 2.60 bits per heavy atom. The minimum atomic E-state index is -3.32. The molecular weight excluding hydrogens is 294 g/mol. The number of rotatable bonds is 5. The molecule has 1 aromatic carbocycles. The van der Waals surface area contributed by atoms with E-state index in [4.69, 9.17) is 5.26 Å². The van der Waals surface area contributed by atoms with E-state index in [1.165, 1.54) is 36.0 Å². The fourth-order valence-corrected chi connectivity index (χ4v) is 4.17. The van der Waals surface area contributed by atoms with Crippen LogP contribution in [0.5, 0.6) is 0 Å². The van der Waals surface area contributed by atoms with Gasteiger partial charge in [0.15, 0.2) is 15.0 Å². The third-order valence-electron chi connectivity index (χ3n) is 2.70. The zero-order valence-electron chi connectivity index (χ0n) is 10.9. The highest BCUT2D eigenvalue weighted by molar-refractivity contribution is 8.00. The summed E-state index contributed by atoms with van der Waals surface area (Å²) in [6.07, 6.45) is 3.49. The van der Waals surface area contributed by atoms with E-state index in [-0.39, 0.29) is 10.6 Å². The molecule has 104 valence electrons. The highest BCUT2D eigenvalue weighted by Crippen LogP contribution is 2.18. The van der Waals surface area contributed by atoms with Crippen LogP contribution in [0.3, 0.4) is 0 Å². The summed E-state index contributed by atoms with van der Waals surface area (Å²) in [5, 5.41) is 9.48. The van der Waals surface area contributed by atoms with E-state index >= 15 is 0 Å². The Balaban J connectivity index is 2.00. The molecule has 0 N–H and O–H groups in total. The van der Waals surface area contributed by atoms with Crippen LogP contribution >= 0.6 is 11.8 Å². The van der Waals surface area contributed by atoms with Crippen LogP contribution in [0.1, 0.15) is 5.56 Å². The molecule has 0 bridgehead atoms. The van der Waals surface area contributed by atoms with Crippen molar-refractivity contribution in [3.8, 4) is 6.07 Å². The molecule has 0 saturated carbocycles. The van der Waals surface area contributed by atoms with Crippen LogP contribution in [0.2, 0.25) is 0 Å². The predicted octanol–water partition coefficient (Wildman–Crippen LogP) is 1.86. The molecule has 0 saturated heterocycles. The van der Waals surface area contributed by atoms with Crippen molar-refractivity contribution in [2.45, 2.75) is 10.1 Å². The average Bonchev–Trinajstić information content (AvgIpc) is 2.84. The van der Waals surface area contributed by atoms with E-state index in [0.717, 1.165) is 5.16 Å². The van der Waals surface area contributed by atoms with Crippen LogP contribution in [-0.4, -0.2) is 29.5 Å². The lowest BCUT2D eigenvalue weighted by molar-refractivity contribution is 0.597. The number of imidazole rings is 1. The number of aryl methyl sites for hydroxylation is 1. The summed E-state index contributed by atoms with van der Waals surface area (Å²) in [6, 6.07) is 7.93. The second-order valence-corrected chi connectivity index (χ2v) is 7.30. The van der Waals surface area contributed by atoms with Gasteiger partial charge in [-0.2, -0.15) is 5.26 Å². The number of hydrogen-bond donors (Lipinski definition) is 0. The van der Waals surface area contributed by atoms with Gasteiger partial charge < -0.3 is 4.57 Å². The molecule has 0 aliphatic carbocycles. The lowest BCUT2D eigenvalue weighted by Gasteiger charge is -2.04. The second-order valence-electron chi connectivity index (χ2n) is 4.12. The topological polar surface area (TPSA) is 75.8 Å². The van der Waals surface area contributed by atoms with Gasteiger partial charge in [-0.15, -0.1) is 0 Å². The first-order valence-electron chi connectivity index (χ1n) is 5.86. The van der Waals surface area contributed by atoms with Crippen LogP contribution < -0.4 is 0 Å². The molecule has 20 heavy (non-hydrogen) atoms. The van der Waals surface area contributed by atoms with E-state index < -0.39 is 9.84 Å². The highest BCUT2D eigenvalue weighted by atomic mass is 32.2. The maximum atomic E-state index is 12.1. The van der Waals surface area contributed by atoms with E-state index in [9.17, 15) is 8.42 Å². The Bertz CT molecular complexity index is 728. The SMILES string of the molecule is Cn1ccnc1SCCS(=O)(=O)c1ccc(C#N)cc1. The largest absolute Gasteiger partial charge is 0.329 e. The number of hydrogen-bond acceptors (Lipinski definition) is 5. The van der Waals surface area contributed by atoms with Gasteiger partial charge in [-0.05, 0) is 24.3 Å². The van der Waals surface area contributed by atoms with Gasteiger partial charge in [-0.25, -0.2) is 13.4 Å². The monoisotopic (exact) mass is 307 g/mol. The van der Waals surface area contributed by atoms with Crippen molar-refractivity contribution in [2.24, 2.45) is 7.05 Å². The van der Waals surface area contributed by atoms with Crippen LogP contribution in [0, 0.1) is 11.3 Å². The van der Waals surface area contributed by atoms with Gasteiger partial charge in [-0.3, -0.25) is 0 Å². The zero-order chi connectivity index (χ0) is 14.6. The van der Waals surface area contributed by atoms with E-state index in [0.29, 0.717) is 11.3 Å². The number of sulfone groups is 1. The lowest BCUT2D eigenvalue weighted by atomic mass is 10.2. The molecule has 0 spiro atoms. The Hall–Kier alpha value is -1.78. The molecule has 1 heterocycles. The normalized spacial score (nSPS) is 11.2. The van der Waals surface area contributed by atoms with E-state index in [2.05, 4.69) is 4.98 Å². The van der Waals surface area contributed by atoms with Crippen molar-refractivity contribution in [2.75, 3.05) is 11.5 Å². The smallest absolute Gasteiger partial charge is 0.179 e. The Kier molecular flexibility index (Phi) is 4.47. The van der Waals surface area contributed by atoms with Gasteiger partial charge in [0.25, 0.3) is 0 Å². The maximum Gasteiger partial charge on any atom is 0.179 e.